The van der Waals surface area contributed by atoms with Crippen molar-refractivity contribution in [3.8, 4) is 5.75 Å². The standard InChI is InChI=1S/C19H24BrNO4/c1-12-9-16-13(10-14(12)20)15(22)11-19(24-16)5-7-21(8-6-19)17(23)25-18(2,3)4/h9-10H,5-8,11H2,1-4H3. The van der Waals surface area contributed by atoms with Crippen molar-refractivity contribution < 1.29 is 19.1 Å². The molecule has 2 aliphatic rings. The zero-order valence-corrected chi connectivity index (χ0v) is 16.7. The van der Waals surface area contributed by atoms with E-state index in [9.17, 15) is 9.59 Å². The third-order valence-electron chi connectivity index (χ3n) is 4.70. The predicted molar refractivity (Wildman–Crippen MR) is 98.2 cm³/mol. The van der Waals surface area contributed by atoms with Gasteiger partial charge in [0.05, 0.1) is 12.0 Å². The number of fused-ring (bicyclic) bond motifs is 1. The van der Waals surface area contributed by atoms with E-state index in [4.69, 9.17) is 9.47 Å². The second kappa shape index (κ2) is 6.31. The molecule has 25 heavy (non-hydrogen) atoms. The Labute approximate surface area is 156 Å². The van der Waals surface area contributed by atoms with Gasteiger partial charge >= 0.3 is 6.09 Å². The Hall–Kier alpha value is -1.56. The van der Waals surface area contributed by atoms with E-state index >= 15 is 0 Å². The van der Waals surface area contributed by atoms with E-state index in [2.05, 4.69) is 15.9 Å². The SMILES string of the molecule is Cc1cc2c(cc1Br)C(=O)CC1(CCN(C(=O)OC(C)(C)C)CC1)O2. The van der Waals surface area contributed by atoms with Crippen LogP contribution in [0.2, 0.25) is 0 Å². The summed E-state index contributed by atoms with van der Waals surface area (Å²) in [7, 11) is 0. The van der Waals surface area contributed by atoms with Gasteiger partial charge in [-0.15, -0.1) is 0 Å². The van der Waals surface area contributed by atoms with Crippen LogP contribution in [-0.4, -0.2) is 41.1 Å². The molecule has 5 nitrogen and oxygen atoms in total. The molecule has 0 radical (unpaired) electrons. The van der Waals surface area contributed by atoms with Gasteiger partial charge in [-0.3, -0.25) is 4.79 Å². The molecule has 0 saturated carbocycles. The highest BCUT2D eigenvalue weighted by Crippen LogP contribution is 2.41. The minimum Gasteiger partial charge on any atom is -0.486 e. The van der Waals surface area contributed by atoms with Crippen LogP contribution in [0.15, 0.2) is 16.6 Å². The Morgan fingerprint density at radius 1 is 1.28 bits per heavy atom. The summed E-state index contributed by atoms with van der Waals surface area (Å²) in [6.07, 6.45) is 1.32. The number of rotatable bonds is 0. The van der Waals surface area contributed by atoms with E-state index < -0.39 is 11.2 Å². The van der Waals surface area contributed by atoms with Gasteiger partial charge in [-0.25, -0.2) is 4.79 Å². The van der Waals surface area contributed by atoms with Crippen molar-refractivity contribution in [3.05, 3.63) is 27.7 Å². The van der Waals surface area contributed by atoms with E-state index in [0.29, 0.717) is 43.7 Å². The Balaban J connectivity index is 1.72. The van der Waals surface area contributed by atoms with E-state index in [1.54, 1.807) is 4.90 Å². The molecule has 1 fully saturated rings. The number of aryl methyl sites for hydroxylation is 1. The second-order valence-electron chi connectivity index (χ2n) is 7.95. The zero-order chi connectivity index (χ0) is 18.4. The van der Waals surface area contributed by atoms with Crippen LogP contribution in [0, 0.1) is 6.92 Å². The molecule has 0 bridgehead atoms. The average molecular weight is 410 g/mol. The monoisotopic (exact) mass is 409 g/mol. The Kier molecular flexibility index (Phi) is 4.60. The first-order valence-corrected chi connectivity index (χ1v) is 9.38. The number of nitrogens with zero attached hydrogens (tertiary/aromatic N) is 1. The van der Waals surface area contributed by atoms with Gasteiger partial charge in [0.25, 0.3) is 0 Å². The van der Waals surface area contributed by atoms with Crippen molar-refractivity contribution in [2.24, 2.45) is 0 Å². The number of hydrogen-bond acceptors (Lipinski definition) is 4. The predicted octanol–water partition coefficient (Wildman–Crippen LogP) is 4.49. The normalized spacial score (nSPS) is 19.4. The molecular formula is C19H24BrNO4. The summed E-state index contributed by atoms with van der Waals surface area (Å²) in [6, 6.07) is 3.76. The van der Waals surface area contributed by atoms with E-state index in [1.165, 1.54) is 0 Å². The van der Waals surface area contributed by atoms with Crippen LogP contribution in [0.25, 0.3) is 0 Å². The molecule has 2 aliphatic heterocycles. The fourth-order valence-electron chi connectivity index (χ4n) is 3.32. The molecule has 3 rings (SSSR count). The van der Waals surface area contributed by atoms with E-state index in [1.807, 2.05) is 39.8 Å². The van der Waals surface area contributed by atoms with Crippen LogP contribution in [0.5, 0.6) is 5.75 Å². The number of benzene rings is 1. The number of amides is 1. The minimum absolute atomic E-state index is 0.104. The van der Waals surface area contributed by atoms with Crippen LogP contribution in [0.4, 0.5) is 4.79 Å². The Bertz CT molecular complexity index is 715. The molecule has 0 unspecified atom stereocenters. The summed E-state index contributed by atoms with van der Waals surface area (Å²) in [5.74, 6) is 0.760. The van der Waals surface area contributed by atoms with Crippen molar-refractivity contribution in [1.29, 1.82) is 0 Å². The van der Waals surface area contributed by atoms with Gasteiger partial charge in [0.2, 0.25) is 0 Å². The molecule has 0 atom stereocenters. The lowest BCUT2D eigenvalue weighted by atomic mass is 9.82. The lowest BCUT2D eigenvalue weighted by Crippen LogP contribution is -2.53. The molecule has 6 heteroatoms. The largest absolute Gasteiger partial charge is 0.486 e. The molecule has 1 saturated heterocycles. The second-order valence-corrected chi connectivity index (χ2v) is 8.80. The van der Waals surface area contributed by atoms with Gasteiger partial charge in [0.1, 0.15) is 17.0 Å². The maximum Gasteiger partial charge on any atom is 0.410 e. The molecule has 1 spiro atoms. The number of halogens is 1. The Morgan fingerprint density at radius 2 is 1.92 bits per heavy atom. The summed E-state index contributed by atoms with van der Waals surface area (Å²) in [5.41, 5.74) is 0.656. The molecule has 1 amide bonds. The number of likely N-dealkylation sites (tertiary alicyclic amines) is 1. The van der Waals surface area contributed by atoms with Crippen LogP contribution >= 0.6 is 15.9 Å². The van der Waals surface area contributed by atoms with E-state index in [-0.39, 0.29) is 11.9 Å². The smallest absolute Gasteiger partial charge is 0.410 e. The minimum atomic E-state index is -0.511. The molecule has 1 aromatic carbocycles. The number of carbonyl (C=O) groups excluding carboxylic acids is 2. The fourth-order valence-corrected chi connectivity index (χ4v) is 3.66. The van der Waals surface area contributed by atoms with Crippen molar-refractivity contribution >= 4 is 27.8 Å². The molecular weight excluding hydrogens is 386 g/mol. The number of ketones is 1. The molecule has 0 aromatic heterocycles. The van der Waals surface area contributed by atoms with Crippen LogP contribution < -0.4 is 4.74 Å². The third-order valence-corrected chi connectivity index (χ3v) is 5.55. The zero-order valence-electron chi connectivity index (χ0n) is 15.1. The number of Topliss-reactive ketones (excluding diaryl/α,β-unsaturated/α-hetero) is 1. The lowest BCUT2D eigenvalue weighted by molar-refractivity contribution is -0.0226. The van der Waals surface area contributed by atoms with Crippen molar-refractivity contribution in [1.82, 2.24) is 4.90 Å². The average Bonchev–Trinajstić information content (AvgIpc) is 2.48. The maximum atomic E-state index is 12.6. The Morgan fingerprint density at radius 3 is 2.52 bits per heavy atom. The molecule has 1 aromatic rings. The summed E-state index contributed by atoms with van der Waals surface area (Å²) in [6.45, 7) is 8.62. The van der Waals surface area contributed by atoms with Crippen molar-refractivity contribution in [2.45, 2.75) is 58.2 Å². The maximum absolute atomic E-state index is 12.6. The van der Waals surface area contributed by atoms with Crippen LogP contribution in [0.1, 0.15) is 56.0 Å². The number of carbonyl (C=O) groups is 2. The van der Waals surface area contributed by atoms with Gasteiger partial charge in [0, 0.05) is 30.4 Å². The summed E-state index contributed by atoms with van der Waals surface area (Å²) < 4.78 is 12.6. The van der Waals surface area contributed by atoms with Gasteiger partial charge in [-0.1, -0.05) is 15.9 Å². The van der Waals surface area contributed by atoms with Crippen molar-refractivity contribution in [3.63, 3.8) is 0 Å². The molecule has 0 N–H and O–H groups in total. The number of piperidine rings is 1. The molecule has 136 valence electrons. The topological polar surface area (TPSA) is 55.8 Å². The van der Waals surface area contributed by atoms with Gasteiger partial charge in [0.15, 0.2) is 5.78 Å². The van der Waals surface area contributed by atoms with E-state index in [0.717, 1.165) is 10.0 Å². The van der Waals surface area contributed by atoms with Crippen LogP contribution in [0.3, 0.4) is 0 Å². The third kappa shape index (κ3) is 3.84. The highest BCUT2D eigenvalue weighted by molar-refractivity contribution is 9.10. The first-order chi connectivity index (χ1) is 11.6. The summed E-state index contributed by atoms with van der Waals surface area (Å²) in [4.78, 5) is 26.5. The summed E-state index contributed by atoms with van der Waals surface area (Å²) >= 11 is 3.47. The van der Waals surface area contributed by atoms with Crippen LogP contribution in [-0.2, 0) is 4.74 Å². The summed E-state index contributed by atoms with van der Waals surface area (Å²) in [5, 5.41) is 0. The first-order valence-electron chi connectivity index (χ1n) is 8.59. The first kappa shape index (κ1) is 18.2. The highest BCUT2D eigenvalue weighted by atomic mass is 79.9. The van der Waals surface area contributed by atoms with Gasteiger partial charge in [-0.05, 0) is 45.4 Å². The highest BCUT2D eigenvalue weighted by Gasteiger charge is 2.44. The van der Waals surface area contributed by atoms with Gasteiger partial charge in [-0.2, -0.15) is 0 Å². The van der Waals surface area contributed by atoms with Gasteiger partial charge < -0.3 is 14.4 Å². The fraction of sp³-hybridized carbons (Fsp3) is 0.579. The number of hydrogen-bond donors (Lipinski definition) is 0. The lowest BCUT2D eigenvalue weighted by Gasteiger charge is -2.44. The van der Waals surface area contributed by atoms with Crippen molar-refractivity contribution in [2.75, 3.05) is 13.1 Å². The number of ether oxygens (including phenoxy) is 2. The molecule has 2 heterocycles. The molecule has 0 aliphatic carbocycles. The quantitative estimate of drug-likeness (QED) is 0.633.